The molecule has 0 spiro atoms. The van der Waals surface area contributed by atoms with E-state index in [9.17, 15) is 4.79 Å². The Labute approximate surface area is 144 Å². The van der Waals surface area contributed by atoms with Gasteiger partial charge in [0.25, 0.3) is 0 Å². The Balaban J connectivity index is 1.63. The van der Waals surface area contributed by atoms with Gasteiger partial charge in [-0.3, -0.25) is 4.79 Å². The van der Waals surface area contributed by atoms with Gasteiger partial charge in [0.15, 0.2) is 0 Å². The number of aromatic nitrogens is 4. The monoisotopic (exact) mass is 341 g/mol. The summed E-state index contributed by atoms with van der Waals surface area (Å²) in [5.74, 6) is 0.863. The molecule has 1 amide bonds. The maximum Gasteiger partial charge on any atom is 0.246 e. The Kier molecular flexibility index (Phi) is 3.96. The lowest BCUT2D eigenvalue weighted by molar-refractivity contribution is -0.144. The molecule has 3 heterocycles. The van der Waals surface area contributed by atoms with Gasteiger partial charge in [-0.15, -0.1) is 10.2 Å². The van der Waals surface area contributed by atoms with Crippen molar-refractivity contribution in [3.63, 3.8) is 0 Å². The molecule has 1 aliphatic rings. The number of fused-ring (bicyclic) bond motifs is 1. The lowest BCUT2D eigenvalue weighted by Crippen LogP contribution is -2.46. The van der Waals surface area contributed by atoms with Gasteiger partial charge in [0.05, 0.1) is 30.6 Å². The number of carbonyl (C=O) groups is 1. The van der Waals surface area contributed by atoms with Gasteiger partial charge in [0.1, 0.15) is 12.1 Å². The molecule has 2 unspecified atom stereocenters. The van der Waals surface area contributed by atoms with Crippen LogP contribution in [0.3, 0.4) is 0 Å². The van der Waals surface area contributed by atoms with E-state index in [1.165, 1.54) is 0 Å². The normalized spacial score (nSPS) is 19.3. The van der Waals surface area contributed by atoms with E-state index in [-0.39, 0.29) is 11.9 Å². The minimum atomic E-state index is -0.392. The second-order valence-corrected chi connectivity index (χ2v) is 6.10. The van der Waals surface area contributed by atoms with Crippen molar-refractivity contribution in [2.45, 2.75) is 25.9 Å². The molecule has 1 aromatic carbocycles. The largest absolute Gasteiger partial charge is 0.423 e. The highest BCUT2D eigenvalue weighted by atomic mass is 16.5. The molecule has 2 aromatic heterocycles. The fourth-order valence-corrected chi connectivity index (χ4v) is 3.16. The fourth-order valence-electron chi connectivity index (χ4n) is 3.16. The molecule has 8 nitrogen and oxygen atoms in total. The molecule has 1 fully saturated rings. The first-order chi connectivity index (χ1) is 12.1. The molecule has 4 rings (SSSR count). The van der Waals surface area contributed by atoms with E-state index in [0.29, 0.717) is 31.5 Å². The summed E-state index contributed by atoms with van der Waals surface area (Å²) in [7, 11) is 0. The Bertz CT molecular complexity index is 902. The summed E-state index contributed by atoms with van der Waals surface area (Å²) in [4.78, 5) is 19.3. The van der Waals surface area contributed by atoms with Gasteiger partial charge in [0, 0.05) is 13.5 Å². The van der Waals surface area contributed by atoms with Crippen LogP contribution in [0.5, 0.6) is 0 Å². The molecular formula is C17H19N5O3. The van der Waals surface area contributed by atoms with Gasteiger partial charge in [0.2, 0.25) is 17.7 Å². The predicted molar refractivity (Wildman–Crippen MR) is 88.8 cm³/mol. The van der Waals surface area contributed by atoms with E-state index in [1.54, 1.807) is 18.2 Å². The summed E-state index contributed by atoms with van der Waals surface area (Å²) < 4.78 is 12.9. The first-order valence-electron chi connectivity index (χ1n) is 8.25. The number of nitrogens with zero attached hydrogens (tertiary/aromatic N) is 5. The third-order valence-corrected chi connectivity index (χ3v) is 4.49. The van der Waals surface area contributed by atoms with Gasteiger partial charge < -0.3 is 18.6 Å². The zero-order valence-corrected chi connectivity index (χ0v) is 14.1. The molecule has 3 aromatic rings. The maximum absolute atomic E-state index is 13.2. The van der Waals surface area contributed by atoms with Crippen LogP contribution in [0.15, 0.2) is 35.0 Å². The van der Waals surface area contributed by atoms with E-state index < -0.39 is 6.04 Å². The highest BCUT2D eigenvalue weighted by Crippen LogP contribution is 2.27. The number of para-hydroxylation sites is 2. The minimum absolute atomic E-state index is 0.0210. The maximum atomic E-state index is 13.2. The van der Waals surface area contributed by atoms with Crippen LogP contribution >= 0.6 is 0 Å². The lowest BCUT2D eigenvalue weighted by Gasteiger charge is -2.35. The second kappa shape index (κ2) is 6.29. The van der Waals surface area contributed by atoms with Crippen molar-refractivity contribution in [3.8, 4) is 0 Å². The van der Waals surface area contributed by atoms with Crippen LogP contribution in [0.2, 0.25) is 0 Å². The molecule has 1 aliphatic heterocycles. The van der Waals surface area contributed by atoms with E-state index in [4.69, 9.17) is 9.15 Å². The van der Waals surface area contributed by atoms with Crippen LogP contribution in [-0.4, -0.2) is 50.3 Å². The highest BCUT2D eigenvalue weighted by molar-refractivity contribution is 5.84. The third kappa shape index (κ3) is 2.78. The quantitative estimate of drug-likeness (QED) is 0.723. The fraction of sp³-hybridized carbons (Fsp3) is 0.412. The number of rotatable bonds is 3. The van der Waals surface area contributed by atoms with Crippen molar-refractivity contribution < 1.29 is 13.9 Å². The molecule has 0 bridgehead atoms. The molecule has 0 radical (unpaired) electrons. The zero-order chi connectivity index (χ0) is 17.4. The number of aryl methyl sites for hydroxylation is 1. The molecule has 0 saturated carbocycles. The minimum Gasteiger partial charge on any atom is -0.423 e. The topological polar surface area (TPSA) is 86.3 Å². The molecule has 0 aliphatic carbocycles. The number of ether oxygens (including phenoxy) is 1. The van der Waals surface area contributed by atoms with Gasteiger partial charge in [-0.2, -0.15) is 0 Å². The van der Waals surface area contributed by atoms with Crippen molar-refractivity contribution >= 4 is 16.9 Å². The van der Waals surface area contributed by atoms with E-state index in [0.717, 1.165) is 11.0 Å². The Morgan fingerprint density at radius 3 is 2.96 bits per heavy atom. The van der Waals surface area contributed by atoms with Gasteiger partial charge >= 0.3 is 0 Å². The van der Waals surface area contributed by atoms with Crippen molar-refractivity contribution in [1.29, 1.82) is 0 Å². The number of imidazole rings is 1. The molecule has 25 heavy (non-hydrogen) atoms. The molecule has 2 atom stereocenters. The summed E-state index contributed by atoms with van der Waals surface area (Å²) >= 11 is 0. The van der Waals surface area contributed by atoms with Gasteiger partial charge in [-0.25, -0.2) is 4.98 Å². The molecular weight excluding hydrogens is 322 g/mol. The van der Waals surface area contributed by atoms with Crippen LogP contribution in [0.1, 0.15) is 30.8 Å². The highest BCUT2D eigenvalue weighted by Gasteiger charge is 2.35. The Morgan fingerprint density at radius 1 is 1.32 bits per heavy atom. The van der Waals surface area contributed by atoms with Crippen molar-refractivity contribution in [2.24, 2.45) is 0 Å². The third-order valence-electron chi connectivity index (χ3n) is 4.49. The van der Waals surface area contributed by atoms with Crippen molar-refractivity contribution in [1.82, 2.24) is 24.6 Å². The standard InChI is InChI=1S/C17H19N5O3/c1-11(22-10-18-13-5-3-4-6-14(13)22)17(23)21-7-8-24-9-15(21)16-20-19-12(2)25-16/h3-6,10-11,15H,7-9H2,1-2H3. The number of amides is 1. The Hall–Kier alpha value is -2.74. The SMILES string of the molecule is Cc1nnc(C2COCCN2C(=O)C(C)n2cnc3ccccc32)o1. The summed E-state index contributed by atoms with van der Waals surface area (Å²) in [5.41, 5.74) is 1.80. The zero-order valence-electron chi connectivity index (χ0n) is 14.1. The van der Waals surface area contributed by atoms with Crippen LogP contribution in [0.4, 0.5) is 0 Å². The Morgan fingerprint density at radius 2 is 2.16 bits per heavy atom. The first-order valence-corrected chi connectivity index (χ1v) is 8.25. The molecule has 1 saturated heterocycles. The van der Waals surface area contributed by atoms with Crippen LogP contribution < -0.4 is 0 Å². The summed E-state index contributed by atoms with van der Waals surface area (Å²) in [6.45, 7) is 4.94. The van der Waals surface area contributed by atoms with Crippen LogP contribution in [0, 0.1) is 6.92 Å². The molecule has 8 heteroatoms. The van der Waals surface area contributed by atoms with Crippen LogP contribution in [-0.2, 0) is 9.53 Å². The average Bonchev–Trinajstić information content (AvgIpc) is 3.27. The molecule has 130 valence electrons. The van der Waals surface area contributed by atoms with E-state index in [2.05, 4.69) is 15.2 Å². The average molecular weight is 341 g/mol. The first kappa shape index (κ1) is 15.8. The van der Waals surface area contributed by atoms with E-state index in [1.807, 2.05) is 35.8 Å². The summed E-state index contributed by atoms with van der Waals surface area (Å²) in [6, 6.07) is 7.02. The predicted octanol–water partition coefficient (Wildman–Crippen LogP) is 1.89. The second-order valence-electron chi connectivity index (χ2n) is 6.10. The summed E-state index contributed by atoms with van der Waals surface area (Å²) in [6.07, 6.45) is 1.71. The van der Waals surface area contributed by atoms with Crippen LogP contribution in [0.25, 0.3) is 11.0 Å². The van der Waals surface area contributed by atoms with Gasteiger partial charge in [-0.05, 0) is 19.1 Å². The van der Waals surface area contributed by atoms with Crippen molar-refractivity contribution in [3.05, 3.63) is 42.4 Å². The number of benzene rings is 1. The lowest BCUT2D eigenvalue weighted by atomic mass is 10.1. The van der Waals surface area contributed by atoms with Gasteiger partial charge in [-0.1, -0.05) is 12.1 Å². The number of hydrogen-bond donors (Lipinski definition) is 0. The summed E-state index contributed by atoms with van der Waals surface area (Å²) in [5, 5.41) is 7.93. The molecule has 0 N–H and O–H groups in total. The van der Waals surface area contributed by atoms with Crippen molar-refractivity contribution in [2.75, 3.05) is 19.8 Å². The number of hydrogen-bond acceptors (Lipinski definition) is 6. The smallest absolute Gasteiger partial charge is 0.246 e. The number of morpholine rings is 1. The van der Waals surface area contributed by atoms with E-state index >= 15 is 0 Å². The number of carbonyl (C=O) groups excluding carboxylic acids is 1.